The molecule has 1 N–H and O–H groups in total. The highest BCUT2D eigenvalue weighted by molar-refractivity contribution is 5.53. The Morgan fingerprint density at radius 2 is 1.70 bits per heavy atom. The Balaban J connectivity index is 2.40. The minimum Gasteiger partial charge on any atom is -0.428 e. The van der Waals surface area contributed by atoms with Crippen LogP contribution in [-0.2, 0) is 6.54 Å². The van der Waals surface area contributed by atoms with Crippen LogP contribution in [0.2, 0.25) is 0 Å². The minimum atomic E-state index is -4.97. The Bertz CT molecular complexity index is 897. The summed E-state index contributed by atoms with van der Waals surface area (Å²) in [5.74, 6) is -0.661. The van der Waals surface area contributed by atoms with Gasteiger partial charge in [-0.25, -0.2) is 0 Å². The van der Waals surface area contributed by atoms with Gasteiger partial charge in [0.25, 0.3) is 0 Å². The molecule has 162 valence electrons. The van der Waals surface area contributed by atoms with Crippen LogP contribution in [0.5, 0.6) is 5.75 Å². The van der Waals surface area contributed by atoms with Crippen LogP contribution in [0.1, 0.15) is 11.1 Å². The van der Waals surface area contributed by atoms with E-state index in [1.165, 1.54) is 42.5 Å². The van der Waals surface area contributed by atoms with Crippen molar-refractivity contribution in [2.45, 2.75) is 31.4 Å². The van der Waals surface area contributed by atoms with Gasteiger partial charge in [-0.1, -0.05) is 24.3 Å². The number of aliphatic hydroxyl groups is 1. The molecule has 0 aliphatic heterocycles. The highest BCUT2D eigenvalue weighted by Crippen LogP contribution is 2.32. The van der Waals surface area contributed by atoms with E-state index in [1.807, 2.05) is 0 Å². The summed E-state index contributed by atoms with van der Waals surface area (Å²) >= 11 is 0. The van der Waals surface area contributed by atoms with E-state index in [0.29, 0.717) is 0 Å². The summed E-state index contributed by atoms with van der Waals surface area (Å²) in [5.41, 5.74) is 0.0510. The van der Waals surface area contributed by atoms with Crippen LogP contribution in [0.4, 0.5) is 36.4 Å². The Hall–Kier alpha value is -3.00. The molecule has 0 amide bonds. The maximum absolute atomic E-state index is 13.3. The lowest BCUT2D eigenvalue weighted by atomic mass is 10.1. The standard InChI is InChI=1S/C19H15F7N2O2/c20-17(21)19(25,26)30-15-7-2-1-5-13(15)10-28(11-16(29)18(22,23)24)14-6-3-4-12(8-14)9-27/h1-8,16-17,29H,10-11H2. The third-order valence-electron chi connectivity index (χ3n) is 3.95. The number of aliphatic hydroxyl groups excluding tert-OH is 1. The van der Waals surface area contributed by atoms with Crippen LogP contribution in [0.3, 0.4) is 0 Å². The lowest BCUT2D eigenvalue weighted by Gasteiger charge is -2.29. The largest absolute Gasteiger partial charge is 0.461 e. The van der Waals surface area contributed by atoms with E-state index in [4.69, 9.17) is 5.26 Å². The van der Waals surface area contributed by atoms with Gasteiger partial charge in [0.2, 0.25) is 0 Å². The van der Waals surface area contributed by atoms with Crippen molar-refractivity contribution in [2.75, 3.05) is 11.4 Å². The van der Waals surface area contributed by atoms with Gasteiger partial charge in [0.15, 0.2) is 6.10 Å². The lowest BCUT2D eigenvalue weighted by Crippen LogP contribution is -2.41. The molecule has 0 bridgehead atoms. The van der Waals surface area contributed by atoms with Crippen molar-refractivity contribution in [3.63, 3.8) is 0 Å². The van der Waals surface area contributed by atoms with E-state index in [-0.39, 0.29) is 16.8 Å². The number of hydrogen-bond acceptors (Lipinski definition) is 4. The normalized spacial score (nSPS) is 13.1. The number of ether oxygens (including phenoxy) is 1. The van der Waals surface area contributed by atoms with Crippen LogP contribution in [0.25, 0.3) is 0 Å². The topological polar surface area (TPSA) is 56.5 Å². The van der Waals surface area contributed by atoms with Gasteiger partial charge in [-0.3, -0.25) is 0 Å². The molecule has 2 aromatic rings. The number of para-hydroxylation sites is 1. The van der Waals surface area contributed by atoms with Gasteiger partial charge in [-0.15, -0.1) is 0 Å². The number of anilines is 1. The van der Waals surface area contributed by atoms with Crippen LogP contribution >= 0.6 is 0 Å². The highest BCUT2D eigenvalue weighted by atomic mass is 19.4. The Morgan fingerprint density at radius 3 is 2.30 bits per heavy atom. The molecule has 0 heterocycles. The van der Waals surface area contributed by atoms with Gasteiger partial charge in [0.05, 0.1) is 18.2 Å². The number of halogens is 7. The fraction of sp³-hybridized carbons (Fsp3) is 0.316. The van der Waals surface area contributed by atoms with E-state index in [0.717, 1.165) is 11.0 Å². The van der Waals surface area contributed by atoms with Crippen LogP contribution in [-0.4, -0.2) is 36.5 Å². The average Bonchev–Trinajstić information content (AvgIpc) is 2.67. The predicted octanol–water partition coefficient (Wildman–Crippen LogP) is 4.72. The molecule has 1 unspecified atom stereocenters. The number of nitrogens with zero attached hydrogens (tertiary/aromatic N) is 2. The molecule has 4 nitrogen and oxygen atoms in total. The number of nitriles is 1. The predicted molar refractivity (Wildman–Crippen MR) is 92.3 cm³/mol. The lowest BCUT2D eigenvalue weighted by molar-refractivity contribution is -0.253. The van der Waals surface area contributed by atoms with Gasteiger partial charge in [-0.05, 0) is 24.3 Å². The Labute approximate surface area is 166 Å². The molecule has 0 fully saturated rings. The average molecular weight is 436 g/mol. The molecule has 0 aliphatic carbocycles. The fourth-order valence-corrected chi connectivity index (χ4v) is 2.48. The van der Waals surface area contributed by atoms with Gasteiger partial charge in [0, 0.05) is 17.8 Å². The summed E-state index contributed by atoms with van der Waals surface area (Å²) in [6.45, 7) is -1.50. The minimum absolute atomic E-state index is 0.0766. The van der Waals surface area contributed by atoms with Crippen molar-refractivity contribution in [1.82, 2.24) is 0 Å². The van der Waals surface area contributed by atoms with E-state index in [9.17, 15) is 35.8 Å². The zero-order valence-electron chi connectivity index (χ0n) is 15.1. The second-order valence-electron chi connectivity index (χ2n) is 6.17. The first-order valence-electron chi connectivity index (χ1n) is 8.37. The second kappa shape index (κ2) is 9.21. The number of benzene rings is 2. The monoisotopic (exact) mass is 436 g/mol. The number of rotatable bonds is 8. The molecule has 0 saturated carbocycles. The summed E-state index contributed by atoms with van der Waals surface area (Å²) < 4.78 is 94.3. The van der Waals surface area contributed by atoms with Crippen molar-refractivity contribution < 1.29 is 40.6 Å². The molecule has 0 spiro atoms. The summed E-state index contributed by atoms with van der Waals surface area (Å²) in [6, 6.07) is 11.9. The van der Waals surface area contributed by atoms with E-state index < -0.39 is 43.7 Å². The molecular weight excluding hydrogens is 421 g/mol. The smallest absolute Gasteiger partial charge is 0.428 e. The summed E-state index contributed by atoms with van der Waals surface area (Å²) in [4.78, 5) is 0.974. The summed E-state index contributed by atoms with van der Waals surface area (Å²) in [6.07, 6.45) is -16.7. The summed E-state index contributed by atoms with van der Waals surface area (Å²) in [5, 5.41) is 18.5. The zero-order valence-corrected chi connectivity index (χ0v) is 15.1. The maximum Gasteiger partial charge on any atom is 0.461 e. The quantitative estimate of drug-likeness (QED) is 0.609. The van der Waals surface area contributed by atoms with Crippen molar-refractivity contribution in [1.29, 1.82) is 5.26 Å². The molecule has 0 aliphatic rings. The van der Waals surface area contributed by atoms with Crippen molar-refractivity contribution in [3.05, 3.63) is 59.7 Å². The first-order chi connectivity index (χ1) is 13.9. The van der Waals surface area contributed by atoms with Crippen LogP contribution < -0.4 is 9.64 Å². The first kappa shape index (κ1) is 23.3. The second-order valence-corrected chi connectivity index (χ2v) is 6.17. The molecule has 1 atom stereocenters. The molecular formula is C19H15F7N2O2. The fourth-order valence-electron chi connectivity index (χ4n) is 2.48. The van der Waals surface area contributed by atoms with E-state index >= 15 is 0 Å². The molecule has 0 radical (unpaired) electrons. The van der Waals surface area contributed by atoms with Gasteiger partial charge in [0.1, 0.15) is 5.75 Å². The molecule has 0 saturated heterocycles. The van der Waals surface area contributed by atoms with Crippen LogP contribution in [0.15, 0.2) is 48.5 Å². The van der Waals surface area contributed by atoms with Gasteiger partial charge >= 0.3 is 18.7 Å². The Morgan fingerprint density at radius 1 is 1.03 bits per heavy atom. The molecule has 2 aromatic carbocycles. The maximum atomic E-state index is 13.3. The third kappa shape index (κ3) is 6.00. The highest BCUT2D eigenvalue weighted by Gasteiger charge is 2.44. The first-order valence-corrected chi connectivity index (χ1v) is 8.37. The van der Waals surface area contributed by atoms with Gasteiger partial charge in [-0.2, -0.15) is 36.0 Å². The van der Waals surface area contributed by atoms with Crippen molar-refractivity contribution >= 4 is 5.69 Å². The van der Waals surface area contributed by atoms with Crippen LogP contribution in [0, 0.1) is 11.3 Å². The van der Waals surface area contributed by atoms with E-state index in [2.05, 4.69) is 4.74 Å². The number of alkyl halides is 7. The molecule has 11 heteroatoms. The molecule has 0 aromatic heterocycles. The van der Waals surface area contributed by atoms with Crippen molar-refractivity contribution in [2.24, 2.45) is 0 Å². The van der Waals surface area contributed by atoms with Gasteiger partial charge < -0.3 is 14.7 Å². The number of hydrogen-bond donors (Lipinski definition) is 1. The summed E-state index contributed by atoms with van der Waals surface area (Å²) in [7, 11) is 0. The third-order valence-corrected chi connectivity index (χ3v) is 3.95. The SMILES string of the molecule is N#Cc1cccc(N(Cc2ccccc2OC(F)(F)C(F)F)CC(O)C(F)(F)F)c1. The van der Waals surface area contributed by atoms with E-state index in [1.54, 1.807) is 6.07 Å². The zero-order chi connectivity index (χ0) is 22.5. The Kier molecular flexibility index (Phi) is 7.15. The molecule has 2 rings (SSSR count). The van der Waals surface area contributed by atoms with Crippen molar-refractivity contribution in [3.8, 4) is 11.8 Å². The molecule has 30 heavy (non-hydrogen) atoms.